The first-order chi connectivity index (χ1) is 13.0. The molecule has 4 rings (SSSR count). The lowest BCUT2D eigenvalue weighted by molar-refractivity contribution is 0.0662. The summed E-state index contributed by atoms with van der Waals surface area (Å²) in [6, 6.07) is 2.93. The summed E-state index contributed by atoms with van der Waals surface area (Å²) in [5, 5.41) is 2.98. The van der Waals surface area contributed by atoms with E-state index in [1.165, 1.54) is 6.26 Å². The second kappa shape index (κ2) is 6.90. The van der Waals surface area contributed by atoms with Crippen LogP contribution < -0.4 is 10.9 Å². The molecule has 2 N–H and O–H groups in total. The maximum absolute atomic E-state index is 12.6. The first-order valence-corrected chi connectivity index (χ1v) is 8.98. The van der Waals surface area contributed by atoms with Gasteiger partial charge in [-0.25, -0.2) is 9.78 Å². The van der Waals surface area contributed by atoms with Crippen molar-refractivity contribution in [1.29, 1.82) is 0 Å². The molecule has 0 unspecified atom stereocenters. The number of amides is 3. The molecule has 0 aromatic carbocycles. The summed E-state index contributed by atoms with van der Waals surface area (Å²) in [7, 11) is 0. The highest BCUT2D eigenvalue weighted by Crippen LogP contribution is 2.19. The maximum Gasteiger partial charge on any atom is 0.318 e. The SMILES string of the molecule is Cc1nc2c(c(=O)[nH]1)CN(C(=O)N[C@H]1CCCN(C(=O)c3ccco3)C1)C2. The largest absolute Gasteiger partial charge is 0.459 e. The van der Waals surface area contributed by atoms with Crippen molar-refractivity contribution in [2.45, 2.75) is 38.9 Å². The van der Waals surface area contributed by atoms with E-state index in [4.69, 9.17) is 4.42 Å². The molecule has 0 spiro atoms. The molecule has 0 bridgehead atoms. The molecule has 2 aromatic heterocycles. The molecule has 0 saturated carbocycles. The Labute approximate surface area is 155 Å². The monoisotopic (exact) mass is 371 g/mol. The van der Waals surface area contributed by atoms with Crippen LogP contribution in [0.2, 0.25) is 0 Å². The van der Waals surface area contributed by atoms with E-state index in [2.05, 4.69) is 15.3 Å². The fourth-order valence-electron chi connectivity index (χ4n) is 3.64. The Balaban J connectivity index is 1.38. The summed E-state index contributed by atoms with van der Waals surface area (Å²) in [6.45, 7) is 3.35. The standard InChI is InChI=1S/C18H21N5O4/c1-11-19-14-10-23(9-13(14)16(24)20-11)18(26)21-12-4-2-6-22(8-12)17(25)15-5-3-7-27-15/h3,5,7,12H,2,4,6,8-10H2,1H3,(H,21,26)(H,19,20,24)/t12-/m0/s1. The lowest BCUT2D eigenvalue weighted by Crippen LogP contribution is -2.52. The Morgan fingerprint density at radius 3 is 2.96 bits per heavy atom. The Morgan fingerprint density at radius 2 is 2.19 bits per heavy atom. The van der Waals surface area contributed by atoms with Gasteiger partial charge in [0, 0.05) is 19.1 Å². The first-order valence-electron chi connectivity index (χ1n) is 8.98. The lowest BCUT2D eigenvalue weighted by atomic mass is 10.1. The molecule has 142 valence electrons. The molecular formula is C18H21N5O4. The number of fused-ring (bicyclic) bond motifs is 1. The lowest BCUT2D eigenvalue weighted by Gasteiger charge is -2.33. The predicted octanol–water partition coefficient (Wildman–Crippen LogP) is 1.00. The number of H-pyrrole nitrogens is 1. The van der Waals surface area contributed by atoms with Crippen molar-refractivity contribution in [2.75, 3.05) is 13.1 Å². The molecule has 2 aliphatic rings. The third-order valence-corrected chi connectivity index (χ3v) is 4.96. The Kier molecular flexibility index (Phi) is 4.43. The average molecular weight is 371 g/mol. The van der Waals surface area contributed by atoms with Crippen molar-refractivity contribution < 1.29 is 14.0 Å². The van der Waals surface area contributed by atoms with Crippen molar-refractivity contribution in [1.82, 2.24) is 25.1 Å². The number of rotatable bonds is 2. The van der Waals surface area contributed by atoms with E-state index < -0.39 is 0 Å². The number of aryl methyl sites for hydroxylation is 1. The minimum atomic E-state index is -0.248. The molecule has 27 heavy (non-hydrogen) atoms. The highest BCUT2D eigenvalue weighted by molar-refractivity contribution is 5.91. The fraction of sp³-hybridized carbons (Fsp3) is 0.444. The molecular weight excluding hydrogens is 350 g/mol. The van der Waals surface area contributed by atoms with E-state index >= 15 is 0 Å². The zero-order valence-corrected chi connectivity index (χ0v) is 15.0. The average Bonchev–Trinajstić information content (AvgIpc) is 3.31. The van der Waals surface area contributed by atoms with Crippen LogP contribution in [0.4, 0.5) is 4.79 Å². The zero-order chi connectivity index (χ0) is 19.0. The normalized spacial score (nSPS) is 19.1. The van der Waals surface area contributed by atoms with Crippen LogP contribution in [0.15, 0.2) is 27.6 Å². The number of carbonyl (C=O) groups excluding carboxylic acids is 2. The number of furan rings is 1. The van der Waals surface area contributed by atoms with Crippen molar-refractivity contribution in [3.8, 4) is 0 Å². The van der Waals surface area contributed by atoms with Gasteiger partial charge < -0.3 is 24.5 Å². The van der Waals surface area contributed by atoms with Crippen molar-refractivity contribution in [3.05, 3.63) is 51.6 Å². The third kappa shape index (κ3) is 3.44. The minimum Gasteiger partial charge on any atom is -0.459 e. The van der Waals surface area contributed by atoms with Crippen LogP contribution in [-0.2, 0) is 13.1 Å². The van der Waals surface area contributed by atoms with Gasteiger partial charge in [-0.2, -0.15) is 0 Å². The number of nitrogens with one attached hydrogen (secondary N) is 2. The van der Waals surface area contributed by atoms with E-state index in [1.807, 2.05) is 0 Å². The van der Waals surface area contributed by atoms with Crippen LogP contribution >= 0.6 is 0 Å². The van der Waals surface area contributed by atoms with Crippen LogP contribution in [0, 0.1) is 6.92 Å². The predicted molar refractivity (Wildman–Crippen MR) is 95.0 cm³/mol. The molecule has 1 saturated heterocycles. The first kappa shape index (κ1) is 17.3. The molecule has 9 nitrogen and oxygen atoms in total. The van der Waals surface area contributed by atoms with Crippen LogP contribution in [0.3, 0.4) is 0 Å². The van der Waals surface area contributed by atoms with E-state index in [-0.39, 0.29) is 30.1 Å². The zero-order valence-electron chi connectivity index (χ0n) is 15.0. The Bertz CT molecular complexity index is 920. The molecule has 1 fully saturated rings. The van der Waals surface area contributed by atoms with Crippen LogP contribution in [0.25, 0.3) is 0 Å². The second-order valence-corrected chi connectivity index (χ2v) is 6.95. The van der Waals surface area contributed by atoms with Gasteiger partial charge >= 0.3 is 6.03 Å². The van der Waals surface area contributed by atoms with Gasteiger partial charge in [-0.05, 0) is 31.9 Å². The Hall–Kier alpha value is -3.10. The smallest absolute Gasteiger partial charge is 0.318 e. The Morgan fingerprint density at radius 1 is 1.33 bits per heavy atom. The molecule has 3 amide bonds. The number of hydrogen-bond donors (Lipinski definition) is 2. The molecule has 1 atom stereocenters. The molecule has 0 aliphatic carbocycles. The number of likely N-dealkylation sites (tertiary alicyclic amines) is 1. The molecule has 9 heteroatoms. The number of piperidine rings is 1. The van der Waals surface area contributed by atoms with Gasteiger partial charge in [-0.15, -0.1) is 0 Å². The molecule has 4 heterocycles. The fourth-order valence-corrected chi connectivity index (χ4v) is 3.64. The third-order valence-electron chi connectivity index (χ3n) is 4.96. The van der Waals surface area contributed by atoms with Gasteiger partial charge in [-0.1, -0.05) is 0 Å². The van der Waals surface area contributed by atoms with Crippen LogP contribution in [0.5, 0.6) is 0 Å². The van der Waals surface area contributed by atoms with Crippen molar-refractivity contribution in [2.24, 2.45) is 0 Å². The number of carbonyl (C=O) groups is 2. The highest BCUT2D eigenvalue weighted by atomic mass is 16.3. The van der Waals surface area contributed by atoms with Gasteiger partial charge in [0.2, 0.25) is 0 Å². The van der Waals surface area contributed by atoms with Crippen LogP contribution in [-0.4, -0.2) is 50.8 Å². The van der Waals surface area contributed by atoms with Gasteiger partial charge in [0.25, 0.3) is 11.5 Å². The summed E-state index contributed by atoms with van der Waals surface area (Å²) >= 11 is 0. The second-order valence-electron chi connectivity index (χ2n) is 6.95. The number of nitrogens with zero attached hydrogens (tertiary/aromatic N) is 3. The van der Waals surface area contributed by atoms with Gasteiger partial charge in [0.1, 0.15) is 5.82 Å². The number of aromatic amines is 1. The topological polar surface area (TPSA) is 112 Å². The van der Waals surface area contributed by atoms with E-state index in [0.717, 1.165) is 12.8 Å². The van der Waals surface area contributed by atoms with Gasteiger partial charge in [0.05, 0.1) is 30.6 Å². The van der Waals surface area contributed by atoms with Gasteiger partial charge in [-0.3, -0.25) is 9.59 Å². The number of urea groups is 1. The van der Waals surface area contributed by atoms with Crippen molar-refractivity contribution in [3.63, 3.8) is 0 Å². The summed E-state index contributed by atoms with van der Waals surface area (Å²) in [5.74, 6) is 0.678. The highest BCUT2D eigenvalue weighted by Gasteiger charge is 2.31. The molecule has 2 aliphatic heterocycles. The number of aromatic nitrogens is 2. The summed E-state index contributed by atoms with van der Waals surface area (Å²) in [5.41, 5.74) is 0.986. The molecule has 0 radical (unpaired) electrons. The van der Waals surface area contributed by atoms with E-state index in [1.54, 1.807) is 28.9 Å². The summed E-state index contributed by atoms with van der Waals surface area (Å²) < 4.78 is 5.18. The maximum atomic E-state index is 12.6. The van der Waals surface area contributed by atoms with Crippen molar-refractivity contribution >= 4 is 11.9 Å². The van der Waals surface area contributed by atoms with E-state index in [9.17, 15) is 14.4 Å². The summed E-state index contributed by atoms with van der Waals surface area (Å²) in [4.78, 5) is 47.3. The van der Waals surface area contributed by atoms with Gasteiger partial charge in [0.15, 0.2) is 5.76 Å². The number of hydrogen-bond acceptors (Lipinski definition) is 5. The quantitative estimate of drug-likeness (QED) is 0.818. The van der Waals surface area contributed by atoms with E-state index in [0.29, 0.717) is 42.5 Å². The van der Waals surface area contributed by atoms with Crippen LogP contribution in [0.1, 0.15) is 40.5 Å². The summed E-state index contributed by atoms with van der Waals surface area (Å²) in [6.07, 6.45) is 3.07. The minimum absolute atomic E-state index is 0.137. The molecule has 2 aromatic rings.